The first-order chi connectivity index (χ1) is 14.6. The molecular weight excluding hydrogens is 374 g/mol. The molecule has 1 fully saturated rings. The number of aromatic nitrogens is 3. The number of carbonyl (C=O) groups is 1. The summed E-state index contributed by atoms with van der Waals surface area (Å²) in [5.41, 5.74) is 3.82. The van der Waals surface area contributed by atoms with Crippen molar-refractivity contribution in [3.05, 3.63) is 72.3 Å². The summed E-state index contributed by atoms with van der Waals surface area (Å²) in [6.07, 6.45) is 7.74. The van der Waals surface area contributed by atoms with E-state index in [1.165, 1.54) is 0 Å². The van der Waals surface area contributed by atoms with E-state index >= 15 is 0 Å². The fourth-order valence-electron chi connectivity index (χ4n) is 3.89. The molecule has 0 N–H and O–H groups in total. The molecule has 1 aliphatic rings. The van der Waals surface area contributed by atoms with E-state index < -0.39 is 0 Å². The highest BCUT2D eigenvalue weighted by Gasteiger charge is 2.22. The van der Waals surface area contributed by atoms with Gasteiger partial charge in [-0.15, -0.1) is 0 Å². The topological polar surface area (TPSA) is 62.2 Å². The molecule has 3 aromatic rings. The fraction of sp³-hybridized carbons (Fsp3) is 0.333. The second-order valence-corrected chi connectivity index (χ2v) is 7.79. The molecule has 6 heteroatoms. The lowest BCUT2D eigenvalue weighted by Crippen LogP contribution is -2.31. The Morgan fingerprint density at radius 2 is 1.80 bits per heavy atom. The summed E-state index contributed by atoms with van der Waals surface area (Å²) in [5, 5.41) is 0. The van der Waals surface area contributed by atoms with E-state index in [1.807, 2.05) is 62.6 Å². The van der Waals surface area contributed by atoms with Crippen LogP contribution in [-0.4, -0.2) is 45.9 Å². The van der Waals surface area contributed by atoms with Gasteiger partial charge in [-0.05, 0) is 43.0 Å². The molecule has 1 aromatic carbocycles. The van der Waals surface area contributed by atoms with E-state index in [4.69, 9.17) is 4.98 Å². The summed E-state index contributed by atoms with van der Waals surface area (Å²) in [4.78, 5) is 30.7. The van der Waals surface area contributed by atoms with Crippen molar-refractivity contribution < 1.29 is 4.79 Å². The summed E-state index contributed by atoms with van der Waals surface area (Å²) in [6, 6.07) is 13.8. The van der Waals surface area contributed by atoms with Crippen LogP contribution in [0.3, 0.4) is 0 Å². The summed E-state index contributed by atoms with van der Waals surface area (Å²) in [6.45, 7) is 4.34. The maximum Gasteiger partial charge on any atom is 0.229 e. The van der Waals surface area contributed by atoms with Gasteiger partial charge in [0, 0.05) is 44.3 Å². The lowest BCUT2D eigenvalue weighted by Gasteiger charge is -2.24. The van der Waals surface area contributed by atoms with E-state index in [-0.39, 0.29) is 11.8 Å². The Morgan fingerprint density at radius 1 is 1.10 bits per heavy atom. The number of benzene rings is 1. The largest absolute Gasteiger partial charge is 0.341 e. The monoisotopic (exact) mass is 401 g/mol. The Hall–Kier alpha value is -3.28. The van der Waals surface area contributed by atoms with Crippen LogP contribution in [0.25, 0.3) is 11.1 Å². The van der Waals surface area contributed by atoms with Crippen LogP contribution in [0.5, 0.6) is 0 Å². The Bertz CT molecular complexity index is 987. The van der Waals surface area contributed by atoms with E-state index in [2.05, 4.69) is 14.9 Å². The lowest BCUT2D eigenvalue weighted by atomic mass is 9.99. The van der Waals surface area contributed by atoms with Gasteiger partial charge in [-0.25, -0.2) is 9.97 Å². The molecule has 4 rings (SSSR count). The first-order valence-corrected chi connectivity index (χ1v) is 10.4. The van der Waals surface area contributed by atoms with Gasteiger partial charge in [0.25, 0.3) is 0 Å². The third kappa shape index (κ3) is 4.32. The number of hydrogen-bond donors (Lipinski definition) is 0. The summed E-state index contributed by atoms with van der Waals surface area (Å²) in [7, 11) is 1.84. The zero-order valence-corrected chi connectivity index (χ0v) is 17.5. The van der Waals surface area contributed by atoms with Crippen molar-refractivity contribution in [2.24, 2.45) is 0 Å². The SMILES string of the molecule is C[C@@H](C(=O)N(C)Cc1nc(N2CCCC2)ncc1-c1ccncc1)c1ccccc1. The number of carbonyl (C=O) groups excluding carboxylic acids is 1. The minimum Gasteiger partial charge on any atom is -0.341 e. The van der Waals surface area contributed by atoms with Gasteiger partial charge in [-0.3, -0.25) is 9.78 Å². The molecule has 3 heterocycles. The molecule has 1 atom stereocenters. The second-order valence-electron chi connectivity index (χ2n) is 7.79. The second kappa shape index (κ2) is 9.03. The first-order valence-electron chi connectivity index (χ1n) is 10.4. The molecule has 0 bridgehead atoms. The van der Waals surface area contributed by atoms with Crippen molar-refractivity contribution in [2.45, 2.75) is 32.2 Å². The Labute approximate surface area is 177 Å². The molecule has 30 heavy (non-hydrogen) atoms. The van der Waals surface area contributed by atoms with E-state index in [0.29, 0.717) is 6.54 Å². The average molecular weight is 402 g/mol. The van der Waals surface area contributed by atoms with Gasteiger partial charge in [-0.2, -0.15) is 0 Å². The standard InChI is InChI=1S/C24H27N5O/c1-18(19-8-4-3-5-9-19)23(30)28(2)17-22-21(20-10-12-25-13-11-20)16-26-24(27-22)29-14-6-7-15-29/h3-5,8-13,16,18H,6-7,14-15,17H2,1-2H3/t18-/m1/s1. The molecule has 154 valence electrons. The highest BCUT2D eigenvalue weighted by molar-refractivity contribution is 5.83. The molecule has 0 aliphatic carbocycles. The van der Waals surface area contributed by atoms with Gasteiger partial charge in [-0.1, -0.05) is 30.3 Å². The molecular formula is C24H27N5O. The van der Waals surface area contributed by atoms with Crippen molar-refractivity contribution in [1.29, 1.82) is 0 Å². The fourth-order valence-corrected chi connectivity index (χ4v) is 3.89. The summed E-state index contributed by atoms with van der Waals surface area (Å²) >= 11 is 0. The smallest absolute Gasteiger partial charge is 0.229 e. The Balaban J connectivity index is 1.62. The van der Waals surface area contributed by atoms with Gasteiger partial charge in [0.1, 0.15) is 0 Å². The van der Waals surface area contributed by atoms with E-state index in [9.17, 15) is 4.79 Å². The molecule has 0 saturated carbocycles. The van der Waals surface area contributed by atoms with Crippen LogP contribution in [0.15, 0.2) is 61.1 Å². The molecule has 0 spiro atoms. The van der Waals surface area contributed by atoms with Crippen molar-refractivity contribution in [2.75, 3.05) is 25.0 Å². The maximum atomic E-state index is 13.1. The normalized spacial score (nSPS) is 14.5. The molecule has 1 saturated heterocycles. The summed E-state index contributed by atoms with van der Waals surface area (Å²) in [5.74, 6) is 0.612. The predicted molar refractivity (Wildman–Crippen MR) is 118 cm³/mol. The average Bonchev–Trinajstić information content (AvgIpc) is 3.34. The summed E-state index contributed by atoms with van der Waals surface area (Å²) < 4.78 is 0. The highest BCUT2D eigenvalue weighted by atomic mass is 16.2. The van der Waals surface area contributed by atoms with Crippen LogP contribution < -0.4 is 4.90 Å². The quantitative estimate of drug-likeness (QED) is 0.627. The van der Waals surface area contributed by atoms with Crippen molar-refractivity contribution in [3.8, 4) is 11.1 Å². The van der Waals surface area contributed by atoms with Crippen LogP contribution >= 0.6 is 0 Å². The number of likely N-dealkylation sites (N-methyl/N-ethyl adjacent to an activating group) is 1. The van der Waals surface area contributed by atoms with Gasteiger partial charge < -0.3 is 9.80 Å². The van der Waals surface area contributed by atoms with Gasteiger partial charge in [0.2, 0.25) is 11.9 Å². The molecule has 6 nitrogen and oxygen atoms in total. The number of pyridine rings is 1. The molecule has 0 unspecified atom stereocenters. The van der Waals surface area contributed by atoms with Crippen LogP contribution in [0.1, 0.15) is 36.9 Å². The molecule has 1 aliphatic heterocycles. The number of amides is 1. The van der Waals surface area contributed by atoms with Gasteiger partial charge >= 0.3 is 0 Å². The van der Waals surface area contributed by atoms with Crippen LogP contribution in [0, 0.1) is 0 Å². The molecule has 2 aromatic heterocycles. The maximum absolute atomic E-state index is 13.1. The number of hydrogen-bond acceptors (Lipinski definition) is 5. The molecule has 0 radical (unpaired) electrons. The number of rotatable bonds is 6. The van der Waals surface area contributed by atoms with E-state index in [1.54, 1.807) is 17.3 Å². The number of nitrogens with zero attached hydrogens (tertiary/aromatic N) is 5. The van der Waals surface area contributed by atoms with Crippen LogP contribution in [-0.2, 0) is 11.3 Å². The van der Waals surface area contributed by atoms with E-state index in [0.717, 1.165) is 54.3 Å². The van der Waals surface area contributed by atoms with Crippen molar-refractivity contribution >= 4 is 11.9 Å². The zero-order valence-electron chi connectivity index (χ0n) is 17.5. The third-order valence-corrected chi connectivity index (χ3v) is 5.67. The Morgan fingerprint density at radius 3 is 2.50 bits per heavy atom. The predicted octanol–water partition coefficient (Wildman–Crippen LogP) is 3.90. The first kappa shape index (κ1) is 20.0. The minimum absolute atomic E-state index is 0.0724. The Kier molecular flexibility index (Phi) is 6.02. The van der Waals surface area contributed by atoms with Gasteiger partial charge in [0.15, 0.2) is 0 Å². The van der Waals surface area contributed by atoms with Crippen molar-refractivity contribution in [1.82, 2.24) is 19.9 Å². The van der Waals surface area contributed by atoms with Crippen LogP contribution in [0.2, 0.25) is 0 Å². The number of anilines is 1. The zero-order chi connectivity index (χ0) is 20.9. The minimum atomic E-state index is -0.208. The lowest BCUT2D eigenvalue weighted by molar-refractivity contribution is -0.131. The third-order valence-electron chi connectivity index (χ3n) is 5.67. The van der Waals surface area contributed by atoms with Gasteiger partial charge in [0.05, 0.1) is 18.2 Å². The highest BCUT2D eigenvalue weighted by Crippen LogP contribution is 2.26. The molecule has 1 amide bonds. The van der Waals surface area contributed by atoms with Crippen LogP contribution in [0.4, 0.5) is 5.95 Å². The van der Waals surface area contributed by atoms with Crippen molar-refractivity contribution in [3.63, 3.8) is 0 Å².